The Balaban J connectivity index is 2.10. The topological polar surface area (TPSA) is 35.5 Å². The first-order chi connectivity index (χ1) is 9.15. The van der Waals surface area contributed by atoms with E-state index in [1.807, 2.05) is 13.0 Å². The minimum Gasteiger partial charge on any atom is -0.465 e. The van der Waals surface area contributed by atoms with E-state index in [9.17, 15) is 4.79 Å². The Morgan fingerprint density at radius 3 is 2.37 bits per heavy atom. The number of benzene rings is 1. The smallest absolute Gasteiger partial charge is 0.338 e. The van der Waals surface area contributed by atoms with Crippen LogP contribution in [0.4, 0.5) is 0 Å². The van der Waals surface area contributed by atoms with Gasteiger partial charge in [0.1, 0.15) is 0 Å². The van der Waals surface area contributed by atoms with Crippen molar-refractivity contribution in [1.29, 1.82) is 0 Å². The fourth-order valence-electron chi connectivity index (χ4n) is 2.91. The fraction of sp³-hybridized carbons (Fsp3) is 0.562. The molecule has 0 aromatic heterocycles. The maximum atomic E-state index is 11.6. The van der Waals surface area contributed by atoms with Crippen molar-refractivity contribution in [2.24, 2.45) is 0 Å². The predicted octanol–water partition coefficient (Wildman–Crippen LogP) is 3.45. The zero-order valence-electron chi connectivity index (χ0n) is 11.9. The van der Waals surface area contributed by atoms with E-state index in [4.69, 9.17) is 9.47 Å². The number of hydrogen-bond acceptors (Lipinski definition) is 3. The summed E-state index contributed by atoms with van der Waals surface area (Å²) < 4.78 is 10.2. The molecule has 2 rings (SSSR count). The second-order valence-electron chi connectivity index (χ2n) is 5.28. The van der Waals surface area contributed by atoms with E-state index < -0.39 is 0 Å². The lowest BCUT2D eigenvalue weighted by Crippen LogP contribution is -2.19. The Morgan fingerprint density at radius 2 is 1.84 bits per heavy atom. The van der Waals surface area contributed by atoms with Gasteiger partial charge in [0.05, 0.1) is 18.8 Å². The lowest BCUT2D eigenvalue weighted by atomic mass is 9.82. The van der Waals surface area contributed by atoms with Gasteiger partial charge in [-0.25, -0.2) is 4.79 Å². The Bertz CT molecular complexity index is 445. The van der Waals surface area contributed by atoms with Crippen LogP contribution in [-0.4, -0.2) is 26.3 Å². The van der Waals surface area contributed by atoms with Gasteiger partial charge in [0.15, 0.2) is 0 Å². The van der Waals surface area contributed by atoms with Crippen LogP contribution in [0.2, 0.25) is 0 Å². The minimum absolute atomic E-state index is 0.257. The third kappa shape index (κ3) is 3.16. The van der Waals surface area contributed by atoms with E-state index in [0.717, 1.165) is 31.2 Å². The summed E-state index contributed by atoms with van der Waals surface area (Å²) in [5, 5.41) is 0. The van der Waals surface area contributed by atoms with Gasteiger partial charge in [-0.15, -0.1) is 0 Å². The van der Waals surface area contributed by atoms with Crippen LogP contribution in [0.25, 0.3) is 0 Å². The van der Waals surface area contributed by atoms with Gasteiger partial charge in [0, 0.05) is 7.11 Å². The molecule has 0 unspecified atom stereocenters. The molecule has 1 aromatic carbocycles. The third-order valence-electron chi connectivity index (χ3n) is 4.13. The van der Waals surface area contributed by atoms with Gasteiger partial charge in [-0.3, -0.25) is 0 Å². The van der Waals surface area contributed by atoms with Gasteiger partial charge >= 0.3 is 5.97 Å². The zero-order chi connectivity index (χ0) is 13.8. The second-order valence-corrected chi connectivity index (χ2v) is 5.28. The zero-order valence-corrected chi connectivity index (χ0v) is 11.9. The van der Waals surface area contributed by atoms with E-state index in [0.29, 0.717) is 17.6 Å². The average Bonchev–Trinajstić information content (AvgIpc) is 2.46. The number of hydrogen-bond donors (Lipinski definition) is 0. The maximum Gasteiger partial charge on any atom is 0.338 e. The predicted molar refractivity (Wildman–Crippen MR) is 74.5 cm³/mol. The van der Waals surface area contributed by atoms with Crippen molar-refractivity contribution in [3.05, 3.63) is 34.9 Å². The highest BCUT2D eigenvalue weighted by molar-refractivity contribution is 5.91. The number of carbonyl (C=O) groups is 1. The Hall–Kier alpha value is -1.35. The van der Waals surface area contributed by atoms with Crippen molar-refractivity contribution in [3.8, 4) is 0 Å². The molecule has 3 heteroatoms. The number of carbonyl (C=O) groups excluding carboxylic acids is 1. The van der Waals surface area contributed by atoms with Crippen molar-refractivity contribution in [2.45, 2.75) is 44.6 Å². The van der Waals surface area contributed by atoms with Gasteiger partial charge in [-0.05, 0) is 55.7 Å². The molecule has 0 spiro atoms. The Kier molecular flexibility index (Phi) is 4.59. The summed E-state index contributed by atoms with van der Waals surface area (Å²) >= 11 is 0. The second kappa shape index (κ2) is 6.20. The SMILES string of the molecule is COC(=O)c1ccc([C@H]2CC[C@H](OC)CC2)cc1C. The molecule has 1 aliphatic rings. The minimum atomic E-state index is -0.257. The van der Waals surface area contributed by atoms with Crippen molar-refractivity contribution in [3.63, 3.8) is 0 Å². The molecule has 104 valence electrons. The molecule has 3 nitrogen and oxygen atoms in total. The van der Waals surface area contributed by atoms with Crippen LogP contribution in [0.15, 0.2) is 18.2 Å². The van der Waals surface area contributed by atoms with Crippen LogP contribution in [0, 0.1) is 6.92 Å². The van der Waals surface area contributed by atoms with E-state index in [1.54, 1.807) is 7.11 Å². The molecule has 0 N–H and O–H groups in total. The monoisotopic (exact) mass is 262 g/mol. The van der Waals surface area contributed by atoms with Crippen LogP contribution < -0.4 is 0 Å². The molecule has 0 atom stereocenters. The van der Waals surface area contributed by atoms with Gasteiger partial charge in [0.25, 0.3) is 0 Å². The van der Waals surface area contributed by atoms with Gasteiger partial charge in [-0.1, -0.05) is 12.1 Å². The number of rotatable bonds is 3. The third-order valence-corrected chi connectivity index (χ3v) is 4.13. The van der Waals surface area contributed by atoms with Crippen molar-refractivity contribution in [2.75, 3.05) is 14.2 Å². The van der Waals surface area contributed by atoms with Crippen molar-refractivity contribution < 1.29 is 14.3 Å². The molecular formula is C16H22O3. The highest BCUT2D eigenvalue weighted by atomic mass is 16.5. The summed E-state index contributed by atoms with van der Waals surface area (Å²) in [4.78, 5) is 11.6. The largest absolute Gasteiger partial charge is 0.465 e. The first kappa shape index (κ1) is 14.1. The summed E-state index contributed by atoms with van der Waals surface area (Å²) in [7, 11) is 3.21. The molecule has 1 saturated carbocycles. The molecule has 0 bridgehead atoms. The molecule has 0 saturated heterocycles. The molecule has 1 aromatic rings. The summed E-state index contributed by atoms with van der Waals surface area (Å²) in [5.41, 5.74) is 3.00. The number of aryl methyl sites for hydroxylation is 1. The van der Waals surface area contributed by atoms with Crippen LogP contribution in [0.3, 0.4) is 0 Å². The van der Waals surface area contributed by atoms with E-state index in [1.165, 1.54) is 12.7 Å². The average molecular weight is 262 g/mol. The van der Waals surface area contributed by atoms with Crippen LogP contribution in [0.5, 0.6) is 0 Å². The van der Waals surface area contributed by atoms with Crippen LogP contribution in [0.1, 0.15) is 53.1 Å². The molecule has 0 amide bonds. The quantitative estimate of drug-likeness (QED) is 0.783. The molecule has 1 aliphatic carbocycles. The first-order valence-corrected chi connectivity index (χ1v) is 6.87. The van der Waals surface area contributed by atoms with E-state index in [2.05, 4.69) is 12.1 Å². The van der Waals surface area contributed by atoms with Gasteiger partial charge < -0.3 is 9.47 Å². The normalized spacial score (nSPS) is 23.1. The van der Waals surface area contributed by atoms with E-state index in [-0.39, 0.29) is 5.97 Å². The first-order valence-electron chi connectivity index (χ1n) is 6.87. The molecule has 0 radical (unpaired) electrons. The molecule has 0 heterocycles. The van der Waals surface area contributed by atoms with Gasteiger partial charge in [0.2, 0.25) is 0 Å². The van der Waals surface area contributed by atoms with Crippen LogP contribution in [-0.2, 0) is 9.47 Å². The van der Waals surface area contributed by atoms with Crippen molar-refractivity contribution in [1.82, 2.24) is 0 Å². The Morgan fingerprint density at radius 1 is 1.16 bits per heavy atom. The highest BCUT2D eigenvalue weighted by Crippen LogP contribution is 2.34. The summed E-state index contributed by atoms with van der Waals surface area (Å²) in [6.07, 6.45) is 5.00. The van der Waals surface area contributed by atoms with Gasteiger partial charge in [-0.2, -0.15) is 0 Å². The summed E-state index contributed by atoms with van der Waals surface area (Å²) in [6.45, 7) is 1.97. The summed E-state index contributed by atoms with van der Waals surface area (Å²) in [6, 6.07) is 6.08. The fourth-order valence-corrected chi connectivity index (χ4v) is 2.91. The number of ether oxygens (including phenoxy) is 2. The molecule has 1 fully saturated rings. The summed E-state index contributed by atoms with van der Waals surface area (Å²) in [5.74, 6) is 0.337. The number of methoxy groups -OCH3 is 2. The molecule has 19 heavy (non-hydrogen) atoms. The van der Waals surface area contributed by atoms with Crippen LogP contribution >= 0.6 is 0 Å². The lowest BCUT2D eigenvalue weighted by Gasteiger charge is -2.28. The standard InChI is InChI=1S/C16H22O3/c1-11-10-13(6-9-15(11)16(17)19-3)12-4-7-14(18-2)8-5-12/h6,9-10,12,14H,4-5,7-8H2,1-3H3/t12-,14-. The Labute approximate surface area is 114 Å². The number of esters is 1. The lowest BCUT2D eigenvalue weighted by molar-refractivity contribution is 0.0600. The molecular weight excluding hydrogens is 240 g/mol. The molecule has 0 aliphatic heterocycles. The van der Waals surface area contributed by atoms with E-state index >= 15 is 0 Å². The van der Waals surface area contributed by atoms with Crippen molar-refractivity contribution >= 4 is 5.97 Å². The maximum absolute atomic E-state index is 11.6. The highest BCUT2D eigenvalue weighted by Gasteiger charge is 2.22.